The third-order valence-corrected chi connectivity index (χ3v) is 4.04. The molecule has 0 bridgehead atoms. The van der Waals surface area contributed by atoms with Gasteiger partial charge in [0.1, 0.15) is 4.88 Å². The lowest BCUT2D eigenvalue weighted by atomic mass is 10.3. The van der Waals surface area contributed by atoms with Gasteiger partial charge in [0.05, 0.1) is 10.7 Å². The third-order valence-electron chi connectivity index (χ3n) is 2.98. The Kier molecular flexibility index (Phi) is 3.25. The van der Waals surface area contributed by atoms with E-state index < -0.39 is 0 Å². The van der Waals surface area contributed by atoms with Gasteiger partial charge in [0.15, 0.2) is 0 Å². The van der Waals surface area contributed by atoms with Crippen LogP contribution in [0.25, 0.3) is 0 Å². The zero-order valence-corrected chi connectivity index (χ0v) is 10.7. The molecule has 4 nitrogen and oxygen atoms in total. The Balaban J connectivity index is 2.11. The van der Waals surface area contributed by atoms with Crippen LogP contribution in [0, 0.1) is 13.8 Å². The molecule has 88 valence electrons. The minimum Gasteiger partial charge on any atom is -0.336 e. The number of thiazole rings is 1. The lowest BCUT2D eigenvalue weighted by Gasteiger charge is -2.15. The van der Waals surface area contributed by atoms with Crippen LogP contribution in [0.4, 0.5) is 0 Å². The van der Waals surface area contributed by atoms with E-state index in [9.17, 15) is 4.79 Å². The summed E-state index contributed by atoms with van der Waals surface area (Å²) in [5.74, 6) is 0.140. The lowest BCUT2D eigenvalue weighted by Crippen LogP contribution is -2.33. The Morgan fingerprint density at radius 1 is 1.56 bits per heavy atom. The van der Waals surface area contributed by atoms with Crippen LogP contribution in [-0.4, -0.2) is 42.0 Å². The van der Waals surface area contributed by atoms with Crippen molar-refractivity contribution in [2.75, 3.05) is 20.1 Å². The highest BCUT2D eigenvalue weighted by molar-refractivity contribution is 7.13. The second-order valence-electron chi connectivity index (χ2n) is 4.17. The Hall–Kier alpha value is -0.940. The van der Waals surface area contributed by atoms with Gasteiger partial charge >= 0.3 is 0 Å². The second kappa shape index (κ2) is 4.51. The summed E-state index contributed by atoms with van der Waals surface area (Å²) < 4.78 is 0. The van der Waals surface area contributed by atoms with Crippen molar-refractivity contribution in [2.24, 2.45) is 0 Å². The molecule has 0 spiro atoms. The van der Waals surface area contributed by atoms with E-state index in [4.69, 9.17) is 0 Å². The van der Waals surface area contributed by atoms with Crippen molar-refractivity contribution in [3.05, 3.63) is 15.6 Å². The van der Waals surface area contributed by atoms with Gasteiger partial charge in [-0.3, -0.25) is 4.79 Å². The molecular weight excluding hydrogens is 222 g/mol. The predicted octanol–water partition coefficient (Wildman–Crippen LogP) is 1.19. The fraction of sp³-hybridized carbons (Fsp3) is 0.636. The van der Waals surface area contributed by atoms with Crippen LogP contribution in [0.15, 0.2) is 0 Å². The monoisotopic (exact) mass is 239 g/mol. The van der Waals surface area contributed by atoms with Crippen LogP contribution in [-0.2, 0) is 0 Å². The number of aromatic nitrogens is 1. The molecule has 2 rings (SSSR count). The second-order valence-corrected chi connectivity index (χ2v) is 5.38. The van der Waals surface area contributed by atoms with Gasteiger partial charge < -0.3 is 10.2 Å². The minimum atomic E-state index is 0.140. The largest absolute Gasteiger partial charge is 0.336 e. The molecule has 5 heteroatoms. The number of nitrogens with zero attached hydrogens (tertiary/aromatic N) is 2. The molecule has 0 aliphatic carbocycles. The molecule has 1 atom stereocenters. The van der Waals surface area contributed by atoms with Gasteiger partial charge in [-0.1, -0.05) is 0 Å². The molecule has 1 N–H and O–H groups in total. The molecule has 1 aliphatic heterocycles. The Labute approximate surface area is 99.7 Å². The summed E-state index contributed by atoms with van der Waals surface area (Å²) in [5, 5.41) is 4.18. The Bertz CT molecular complexity index is 402. The van der Waals surface area contributed by atoms with E-state index in [1.807, 2.05) is 25.8 Å². The number of amides is 1. The summed E-state index contributed by atoms with van der Waals surface area (Å²) in [6.45, 7) is 5.50. The average Bonchev–Trinajstić information content (AvgIpc) is 2.84. The molecule has 1 unspecified atom stereocenters. The highest BCUT2D eigenvalue weighted by atomic mass is 32.1. The summed E-state index contributed by atoms with van der Waals surface area (Å²) in [4.78, 5) is 19.2. The van der Waals surface area contributed by atoms with Gasteiger partial charge in [-0.2, -0.15) is 0 Å². The van der Waals surface area contributed by atoms with Gasteiger partial charge in [-0.15, -0.1) is 11.3 Å². The first-order chi connectivity index (χ1) is 7.61. The van der Waals surface area contributed by atoms with E-state index in [0.717, 1.165) is 35.1 Å². The maximum atomic E-state index is 12.2. The number of likely N-dealkylation sites (tertiary alicyclic amines) is 1. The number of rotatable bonds is 2. The molecule has 16 heavy (non-hydrogen) atoms. The van der Waals surface area contributed by atoms with Gasteiger partial charge in [0, 0.05) is 19.1 Å². The van der Waals surface area contributed by atoms with Crippen molar-refractivity contribution < 1.29 is 4.79 Å². The molecule has 2 heterocycles. The highest BCUT2D eigenvalue weighted by Gasteiger charge is 2.27. The van der Waals surface area contributed by atoms with Crippen molar-refractivity contribution in [2.45, 2.75) is 26.3 Å². The molecule has 1 aliphatic rings. The van der Waals surface area contributed by atoms with Crippen LogP contribution >= 0.6 is 11.3 Å². The maximum Gasteiger partial charge on any atom is 0.265 e. The summed E-state index contributed by atoms with van der Waals surface area (Å²) in [5.41, 5.74) is 0.861. The fourth-order valence-electron chi connectivity index (χ4n) is 2.05. The molecule has 1 aromatic heterocycles. The van der Waals surface area contributed by atoms with E-state index in [1.54, 1.807) is 0 Å². The van der Waals surface area contributed by atoms with Crippen molar-refractivity contribution in [3.8, 4) is 0 Å². The molecule has 1 amide bonds. The topological polar surface area (TPSA) is 45.2 Å². The highest BCUT2D eigenvalue weighted by Crippen LogP contribution is 2.21. The number of hydrogen-bond acceptors (Lipinski definition) is 4. The zero-order valence-electron chi connectivity index (χ0n) is 9.91. The molecule has 0 aromatic carbocycles. The number of carbonyl (C=O) groups excluding carboxylic acids is 1. The number of likely N-dealkylation sites (N-methyl/N-ethyl adjacent to an activating group) is 1. The average molecular weight is 239 g/mol. The summed E-state index contributed by atoms with van der Waals surface area (Å²) in [7, 11) is 1.95. The summed E-state index contributed by atoms with van der Waals surface area (Å²) in [6, 6.07) is 0.443. The quantitative estimate of drug-likeness (QED) is 0.843. The predicted molar refractivity (Wildman–Crippen MR) is 65.0 cm³/mol. The maximum absolute atomic E-state index is 12.2. The van der Waals surface area contributed by atoms with Crippen molar-refractivity contribution in [1.82, 2.24) is 15.2 Å². The molecule has 0 saturated carbocycles. The van der Waals surface area contributed by atoms with Crippen molar-refractivity contribution >= 4 is 17.2 Å². The first-order valence-electron chi connectivity index (χ1n) is 5.52. The number of carbonyl (C=O) groups is 1. The van der Waals surface area contributed by atoms with Crippen LogP contribution in [0.1, 0.15) is 26.8 Å². The number of nitrogens with one attached hydrogen (secondary N) is 1. The van der Waals surface area contributed by atoms with E-state index in [1.165, 1.54) is 11.3 Å². The fourth-order valence-corrected chi connectivity index (χ4v) is 2.94. The van der Waals surface area contributed by atoms with Gasteiger partial charge in [-0.25, -0.2) is 4.98 Å². The smallest absolute Gasteiger partial charge is 0.265 e. The summed E-state index contributed by atoms with van der Waals surface area (Å²) in [6.07, 6.45) is 1.04. The van der Waals surface area contributed by atoms with E-state index in [0.29, 0.717) is 6.04 Å². The zero-order chi connectivity index (χ0) is 11.7. The summed E-state index contributed by atoms with van der Waals surface area (Å²) >= 11 is 1.50. The van der Waals surface area contributed by atoms with E-state index in [-0.39, 0.29) is 5.91 Å². The SMILES string of the molecule is CNC1CCN(C(=O)c2sc(C)nc2C)C1. The standard InChI is InChI=1S/C11H17N3OS/c1-7-10(16-8(2)13-7)11(15)14-5-4-9(6-14)12-3/h9,12H,4-6H2,1-3H3. The molecule has 1 aromatic rings. The van der Waals surface area contributed by atoms with Crippen molar-refractivity contribution in [3.63, 3.8) is 0 Å². The molecule has 1 saturated heterocycles. The van der Waals surface area contributed by atoms with Gasteiger partial charge in [-0.05, 0) is 27.3 Å². The van der Waals surface area contributed by atoms with Crippen LogP contribution in [0.3, 0.4) is 0 Å². The number of hydrogen-bond donors (Lipinski definition) is 1. The first-order valence-corrected chi connectivity index (χ1v) is 6.34. The lowest BCUT2D eigenvalue weighted by molar-refractivity contribution is 0.0793. The Morgan fingerprint density at radius 3 is 2.81 bits per heavy atom. The minimum absolute atomic E-state index is 0.140. The van der Waals surface area contributed by atoms with Crippen LogP contribution < -0.4 is 5.32 Å². The normalized spacial score (nSPS) is 20.4. The molecule has 0 radical (unpaired) electrons. The first kappa shape index (κ1) is 11.5. The number of aryl methyl sites for hydroxylation is 2. The van der Waals surface area contributed by atoms with Crippen LogP contribution in [0.2, 0.25) is 0 Å². The van der Waals surface area contributed by atoms with Crippen molar-refractivity contribution in [1.29, 1.82) is 0 Å². The van der Waals surface area contributed by atoms with E-state index in [2.05, 4.69) is 10.3 Å². The molecular formula is C11H17N3OS. The van der Waals surface area contributed by atoms with Crippen LogP contribution in [0.5, 0.6) is 0 Å². The molecule has 1 fully saturated rings. The Morgan fingerprint density at radius 2 is 2.31 bits per heavy atom. The van der Waals surface area contributed by atoms with Gasteiger partial charge in [0.25, 0.3) is 5.91 Å². The van der Waals surface area contributed by atoms with Gasteiger partial charge in [0.2, 0.25) is 0 Å². The van der Waals surface area contributed by atoms with E-state index >= 15 is 0 Å². The third kappa shape index (κ3) is 2.10.